The lowest BCUT2D eigenvalue weighted by molar-refractivity contribution is 0.942. The molecule has 0 heterocycles. The second kappa shape index (κ2) is 6.03. The molecule has 1 unspecified atom stereocenters. The number of hydrogen-bond donors (Lipinski definition) is 0. The van der Waals surface area contributed by atoms with Gasteiger partial charge in [0.1, 0.15) is 0 Å². The van der Waals surface area contributed by atoms with Gasteiger partial charge in [0.25, 0.3) is 0 Å². The predicted octanol–water partition coefficient (Wildman–Crippen LogP) is 6.14. The minimum absolute atomic E-state index is 0.350. The number of benzene rings is 3. The number of halogens is 1. The molecule has 0 nitrogen and oxygen atoms in total. The van der Waals surface area contributed by atoms with E-state index in [-0.39, 0.29) is 0 Å². The van der Waals surface area contributed by atoms with E-state index in [1.165, 1.54) is 33.0 Å². The van der Waals surface area contributed by atoms with Crippen LogP contribution in [0.25, 0.3) is 10.8 Å². The van der Waals surface area contributed by atoms with Crippen LogP contribution in [0, 0.1) is 13.8 Å². The molecule has 106 valence electrons. The van der Waals surface area contributed by atoms with Gasteiger partial charge < -0.3 is 0 Å². The van der Waals surface area contributed by atoms with E-state index in [1.54, 1.807) is 0 Å². The lowest BCUT2D eigenvalue weighted by Gasteiger charge is -2.16. The molecule has 0 amide bonds. The standard InChI is InChI=1S/C20H19Br/c1-14-7-5-12-18(15(14)2)20(21)13-17-10-6-9-16-8-3-4-11-19(16)17/h3-12,20H,13H2,1-2H3. The van der Waals surface area contributed by atoms with Crippen LogP contribution < -0.4 is 0 Å². The van der Waals surface area contributed by atoms with Crippen LogP contribution in [-0.4, -0.2) is 0 Å². The van der Waals surface area contributed by atoms with Crippen LogP contribution >= 0.6 is 15.9 Å². The molecule has 0 saturated heterocycles. The Morgan fingerprint density at radius 2 is 1.57 bits per heavy atom. The zero-order valence-electron chi connectivity index (χ0n) is 12.4. The summed E-state index contributed by atoms with van der Waals surface area (Å²) < 4.78 is 0. The van der Waals surface area contributed by atoms with Gasteiger partial charge in [-0.3, -0.25) is 0 Å². The summed E-state index contributed by atoms with van der Waals surface area (Å²) in [6.07, 6.45) is 1.01. The fourth-order valence-corrected chi connectivity index (χ4v) is 3.73. The Morgan fingerprint density at radius 1 is 0.857 bits per heavy atom. The van der Waals surface area contributed by atoms with E-state index in [4.69, 9.17) is 0 Å². The van der Waals surface area contributed by atoms with Crippen molar-refractivity contribution in [3.8, 4) is 0 Å². The molecule has 0 radical (unpaired) electrons. The molecule has 3 aromatic rings. The first-order valence-corrected chi connectivity index (χ1v) is 8.25. The summed E-state index contributed by atoms with van der Waals surface area (Å²) in [5.74, 6) is 0. The third-order valence-electron chi connectivity index (χ3n) is 4.26. The summed E-state index contributed by atoms with van der Waals surface area (Å²) in [6, 6.07) is 21.7. The van der Waals surface area contributed by atoms with Crippen molar-refractivity contribution in [2.75, 3.05) is 0 Å². The highest BCUT2D eigenvalue weighted by atomic mass is 79.9. The van der Waals surface area contributed by atoms with Gasteiger partial charge in [-0.1, -0.05) is 76.6 Å². The average molecular weight is 339 g/mol. The highest BCUT2D eigenvalue weighted by molar-refractivity contribution is 9.09. The van der Waals surface area contributed by atoms with Crippen molar-refractivity contribution in [1.82, 2.24) is 0 Å². The Balaban J connectivity index is 1.97. The molecular formula is C20H19Br. The van der Waals surface area contributed by atoms with Gasteiger partial charge in [-0.25, -0.2) is 0 Å². The highest BCUT2D eigenvalue weighted by Crippen LogP contribution is 2.32. The Labute approximate surface area is 134 Å². The fourth-order valence-electron chi connectivity index (χ4n) is 2.89. The number of hydrogen-bond acceptors (Lipinski definition) is 0. The van der Waals surface area contributed by atoms with E-state index in [0.717, 1.165) is 6.42 Å². The number of rotatable bonds is 3. The number of aryl methyl sites for hydroxylation is 1. The molecule has 1 heteroatoms. The van der Waals surface area contributed by atoms with Gasteiger partial charge in [0.15, 0.2) is 0 Å². The smallest absolute Gasteiger partial charge is 0.0438 e. The van der Waals surface area contributed by atoms with Crippen molar-refractivity contribution < 1.29 is 0 Å². The summed E-state index contributed by atoms with van der Waals surface area (Å²) in [5.41, 5.74) is 5.54. The lowest BCUT2D eigenvalue weighted by Crippen LogP contribution is -2.00. The quantitative estimate of drug-likeness (QED) is 0.503. The van der Waals surface area contributed by atoms with Crippen LogP contribution in [0.5, 0.6) is 0 Å². The molecule has 21 heavy (non-hydrogen) atoms. The maximum atomic E-state index is 3.89. The van der Waals surface area contributed by atoms with E-state index in [2.05, 4.69) is 90.4 Å². The highest BCUT2D eigenvalue weighted by Gasteiger charge is 2.13. The van der Waals surface area contributed by atoms with Crippen molar-refractivity contribution in [2.45, 2.75) is 25.1 Å². The molecule has 0 aromatic heterocycles. The molecule has 3 aromatic carbocycles. The first kappa shape index (κ1) is 14.3. The summed E-state index contributed by atoms with van der Waals surface area (Å²) in [6.45, 7) is 4.39. The minimum Gasteiger partial charge on any atom is -0.0835 e. The molecule has 0 aliphatic rings. The van der Waals surface area contributed by atoms with Gasteiger partial charge in [0.05, 0.1) is 0 Å². The number of fused-ring (bicyclic) bond motifs is 1. The maximum absolute atomic E-state index is 3.89. The predicted molar refractivity (Wildman–Crippen MR) is 95.2 cm³/mol. The second-order valence-electron chi connectivity index (χ2n) is 5.60. The normalized spacial score (nSPS) is 12.5. The zero-order chi connectivity index (χ0) is 14.8. The summed E-state index contributed by atoms with van der Waals surface area (Å²) in [5, 5.41) is 2.67. The average Bonchev–Trinajstić information content (AvgIpc) is 2.50. The number of alkyl halides is 1. The van der Waals surface area contributed by atoms with E-state index in [1.807, 2.05) is 0 Å². The Kier molecular flexibility index (Phi) is 4.12. The van der Waals surface area contributed by atoms with Gasteiger partial charge in [-0.2, -0.15) is 0 Å². The Bertz CT molecular complexity index is 768. The molecule has 0 saturated carbocycles. The van der Waals surface area contributed by atoms with Crippen molar-refractivity contribution >= 4 is 26.7 Å². The zero-order valence-corrected chi connectivity index (χ0v) is 14.0. The van der Waals surface area contributed by atoms with Crippen molar-refractivity contribution in [1.29, 1.82) is 0 Å². The monoisotopic (exact) mass is 338 g/mol. The van der Waals surface area contributed by atoms with Crippen LogP contribution in [0.15, 0.2) is 60.7 Å². The first-order valence-electron chi connectivity index (χ1n) is 7.33. The van der Waals surface area contributed by atoms with Gasteiger partial charge >= 0.3 is 0 Å². The summed E-state index contributed by atoms with van der Waals surface area (Å²) in [7, 11) is 0. The van der Waals surface area contributed by atoms with E-state index < -0.39 is 0 Å². The van der Waals surface area contributed by atoms with Gasteiger partial charge in [-0.05, 0) is 53.3 Å². The van der Waals surface area contributed by atoms with Crippen LogP contribution in [0.1, 0.15) is 27.1 Å². The molecule has 0 aliphatic carbocycles. The Hall–Kier alpha value is -1.60. The van der Waals surface area contributed by atoms with E-state index in [9.17, 15) is 0 Å². The molecule has 0 bridgehead atoms. The summed E-state index contributed by atoms with van der Waals surface area (Å²) in [4.78, 5) is 0.350. The summed E-state index contributed by atoms with van der Waals surface area (Å²) >= 11 is 3.89. The van der Waals surface area contributed by atoms with Gasteiger partial charge in [-0.15, -0.1) is 0 Å². The molecule has 0 aliphatic heterocycles. The van der Waals surface area contributed by atoms with Crippen molar-refractivity contribution in [2.24, 2.45) is 0 Å². The molecule has 0 fully saturated rings. The van der Waals surface area contributed by atoms with E-state index >= 15 is 0 Å². The molecular weight excluding hydrogens is 320 g/mol. The fraction of sp³-hybridized carbons (Fsp3) is 0.200. The maximum Gasteiger partial charge on any atom is 0.0438 e. The van der Waals surface area contributed by atoms with Gasteiger partial charge in [0.2, 0.25) is 0 Å². The molecule has 0 N–H and O–H groups in total. The minimum atomic E-state index is 0.350. The first-order chi connectivity index (χ1) is 10.2. The topological polar surface area (TPSA) is 0 Å². The van der Waals surface area contributed by atoms with Crippen LogP contribution in [0.4, 0.5) is 0 Å². The molecule has 1 atom stereocenters. The van der Waals surface area contributed by atoms with Gasteiger partial charge in [0, 0.05) is 4.83 Å². The van der Waals surface area contributed by atoms with Crippen LogP contribution in [-0.2, 0) is 6.42 Å². The van der Waals surface area contributed by atoms with Crippen molar-refractivity contribution in [3.05, 3.63) is 82.9 Å². The van der Waals surface area contributed by atoms with E-state index in [0.29, 0.717) is 4.83 Å². The van der Waals surface area contributed by atoms with Crippen LogP contribution in [0.3, 0.4) is 0 Å². The molecule has 3 rings (SSSR count). The SMILES string of the molecule is Cc1cccc(C(Br)Cc2cccc3ccccc23)c1C. The van der Waals surface area contributed by atoms with Crippen molar-refractivity contribution in [3.63, 3.8) is 0 Å². The second-order valence-corrected chi connectivity index (χ2v) is 6.70. The third-order valence-corrected chi connectivity index (χ3v) is 5.08. The third kappa shape index (κ3) is 2.89. The Morgan fingerprint density at radius 3 is 2.43 bits per heavy atom. The lowest BCUT2D eigenvalue weighted by atomic mass is 9.95. The molecule has 0 spiro atoms. The van der Waals surface area contributed by atoms with Crippen LogP contribution in [0.2, 0.25) is 0 Å². The largest absolute Gasteiger partial charge is 0.0835 e.